The molecule has 0 radical (unpaired) electrons. The van der Waals surface area contributed by atoms with Gasteiger partial charge in [0.2, 0.25) is 0 Å². The number of H-pyrrole nitrogens is 2. The number of benzene rings is 2. The molecule has 0 bridgehead atoms. The summed E-state index contributed by atoms with van der Waals surface area (Å²) in [6.45, 7) is 7.39. The van der Waals surface area contributed by atoms with E-state index in [-0.39, 0.29) is 5.92 Å². The lowest BCUT2D eigenvalue weighted by Gasteiger charge is -2.20. The molecule has 2 aromatic heterocycles. The van der Waals surface area contributed by atoms with Crippen molar-refractivity contribution in [3.8, 4) is 0 Å². The summed E-state index contributed by atoms with van der Waals surface area (Å²) in [5, 5.41) is 6.65. The molecule has 6 heteroatoms. The van der Waals surface area contributed by atoms with Gasteiger partial charge in [-0.05, 0) is 51.0 Å². The number of aromatic amines is 2. The predicted octanol–water partition coefficient (Wildman–Crippen LogP) is 5.68. The zero-order valence-corrected chi connectivity index (χ0v) is 17.6. The van der Waals surface area contributed by atoms with E-state index in [0.29, 0.717) is 0 Å². The van der Waals surface area contributed by atoms with Gasteiger partial charge in [0.25, 0.3) is 0 Å². The molecule has 154 valence electrons. The smallest absolute Gasteiger partial charge is 0.428 e. The number of carbonyl (C=O) groups excluding carboxylic acids is 1. The molecule has 6 nitrogen and oxygen atoms in total. The first kappa shape index (κ1) is 19.8. The molecule has 0 spiro atoms. The second kappa shape index (κ2) is 7.71. The molecule has 0 atom stereocenters. The van der Waals surface area contributed by atoms with Crippen LogP contribution >= 0.6 is 0 Å². The van der Waals surface area contributed by atoms with Gasteiger partial charge in [-0.15, -0.1) is 0 Å². The van der Waals surface area contributed by atoms with E-state index in [4.69, 9.17) is 4.74 Å². The number of nitrogens with one attached hydrogen (secondary N) is 3. The van der Waals surface area contributed by atoms with Gasteiger partial charge in [-0.2, -0.15) is 5.10 Å². The highest BCUT2D eigenvalue weighted by molar-refractivity contribution is 6.01. The molecule has 2 aromatic carbocycles. The summed E-state index contributed by atoms with van der Waals surface area (Å²) >= 11 is 0. The van der Waals surface area contributed by atoms with Gasteiger partial charge in [0.15, 0.2) is 0 Å². The molecule has 0 aliphatic carbocycles. The van der Waals surface area contributed by atoms with Gasteiger partial charge in [0.05, 0.1) is 5.92 Å². The fraction of sp³-hybridized carbons (Fsp3) is 0.250. The minimum absolute atomic E-state index is 0.146. The highest BCUT2D eigenvalue weighted by Gasteiger charge is 2.24. The van der Waals surface area contributed by atoms with Crippen molar-refractivity contribution < 1.29 is 9.53 Å². The maximum atomic E-state index is 12.1. The first-order valence-electron chi connectivity index (χ1n) is 9.99. The second-order valence-electron chi connectivity index (χ2n) is 8.38. The number of para-hydroxylation sites is 2. The highest BCUT2D eigenvalue weighted by atomic mass is 16.6. The minimum Gasteiger partial charge on any atom is -0.443 e. The third-order valence-electron chi connectivity index (χ3n) is 5.00. The lowest BCUT2D eigenvalue weighted by molar-refractivity contribution is 0.0529. The summed E-state index contributed by atoms with van der Waals surface area (Å²) in [4.78, 5) is 18.8. The molecule has 2 heterocycles. The third-order valence-corrected chi connectivity index (χ3v) is 5.00. The Balaban J connectivity index is 1.78. The summed E-state index contributed by atoms with van der Waals surface area (Å²) in [6, 6.07) is 16.4. The fourth-order valence-electron chi connectivity index (χ4n) is 3.78. The number of rotatable bonds is 4. The number of hydrazone groups is 1. The van der Waals surface area contributed by atoms with Crippen molar-refractivity contribution in [1.29, 1.82) is 0 Å². The minimum atomic E-state index is -0.583. The van der Waals surface area contributed by atoms with E-state index in [0.717, 1.165) is 38.6 Å². The monoisotopic (exact) mass is 402 g/mol. The maximum Gasteiger partial charge on any atom is 0.428 e. The van der Waals surface area contributed by atoms with Crippen molar-refractivity contribution >= 4 is 33.6 Å². The quantitative estimate of drug-likeness (QED) is 0.303. The van der Waals surface area contributed by atoms with Crippen LogP contribution in [0.15, 0.2) is 66.0 Å². The van der Waals surface area contributed by atoms with Crippen LogP contribution in [0.5, 0.6) is 0 Å². The van der Waals surface area contributed by atoms with E-state index >= 15 is 0 Å². The first-order chi connectivity index (χ1) is 14.3. The second-order valence-corrected chi connectivity index (χ2v) is 8.38. The van der Waals surface area contributed by atoms with Crippen molar-refractivity contribution in [3.05, 3.63) is 72.1 Å². The van der Waals surface area contributed by atoms with Crippen LogP contribution in [-0.2, 0) is 4.74 Å². The van der Waals surface area contributed by atoms with Gasteiger partial charge in [-0.3, -0.25) is 0 Å². The van der Waals surface area contributed by atoms with Crippen LogP contribution in [0.2, 0.25) is 0 Å². The van der Waals surface area contributed by atoms with Gasteiger partial charge in [-0.1, -0.05) is 36.4 Å². The van der Waals surface area contributed by atoms with Crippen LogP contribution < -0.4 is 5.43 Å². The van der Waals surface area contributed by atoms with Crippen LogP contribution in [0.4, 0.5) is 4.79 Å². The van der Waals surface area contributed by atoms with E-state index in [1.54, 1.807) is 0 Å². The van der Waals surface area contributed by atoms with Gasteiger partial charge in [-0.25, -0.2) is 10.2 Å². The molecule has 4 rings (SSSR count). The SMILES string of the molecule is C/C(=N/NC(=O)OC(C)(C)C)C(c1c[nH]c2ccccc12)c1c[nH]c2ccccc12. The number of nitrogens with zero attached hydrogens (tertiary/aromatic N) is 1. The Kier molecular flexibility index (Phi) is 5.08. The van der Waals surface area contributed by atoms with E-state index < -0.39 is 11.7 Å². The van der Waals surface area contributed by atoms with Crippen molar-refractivity contribution in [2.24, 2.45) is 5.10 Å². The number of hydrogen-bond donors (Lipinski definition) is 3. The highest BCUT2D eigenvalue weighted by Crippen LogP contribution is 2.35. The van der Waals surface area contributed by atoms with Crippen LogP contribution in [0.3, 0.4) is 0 Å². The van der Waals surface area contributed by atoms with Crippen LogP contribution in [-0.4, -0.2) is 27.4 Å². The normalized spacial score (nSPS) is 12.6. The molecule has 0 aliphatic heterocycles. The molecule has 0 fully saturated rings. The van der Waals surface area contributed by atoms with Crippen molar-refractivity contribution in [1.82, 2.24) is 15.4 Å². The number of fused-ring (bicyclic) bond motifs is 2. The zero-order valence-electron chi connectivity index (χ0n) is 17.6. The van der Waals surface area contributed by atoms with E-state index in [9.17, 15) is 4.79 Å². The maximum absolute atomic E-state index is 12.1. The number of carbonyl (C=O) groups is 1. The Morgan fingerprint density at radius 1 is 0.933 bits per heavy atom. The van der Waals surface area contributed by atoms with E-state index in [1.165, 1.54) is 0 Å². The number of hydrogen-bond acceptors (Lipinski definition) is 3. The topological polar surface area (TPSA) is 82.3 Å². The molecule has 0 saturated carbocycles. The Labute approximate surface area is 175 Å². The largest absolute Gasteiger partial charge is 0.443 e. The number of ether oxygens (including phenoxy) is 1. The average Bonchev–Trinajstić information content (AvgIpc) is 3.31. The van der Waals surface area contributed by atoms with Gasteiger partial charge in [0, 0.05) is 39.9 Å². The first-order valence-corrected chi connectivity index (χ1v) is 9.99. The molecule has 0 aliphatic rings. The van der Waals surface area contributed by atoms with Crippen LogP contribution in [0, 0.1) is 0 Å². The molecule has 4 aromatic rings. The summed E-state index contributed by atoms with van der Waals surface area (Å²) in [6.07, 6.45) is 3.46. The van der Waals surface area contributed by atoms with Gasteiger partial charge < -0.3 is 14.7 Å². The van der Waals surface area contributed by atoms with Crippen LogP contribution in [0.25, 0.3) is 21.8 Å². The zero-order chi connectivity index (χ0) is 21.3. The summed E-state index contributed by atoms with van der Waals surface area (Å²) in [7, 11) is 0. The van der Waals surface area contributed by atoms with Crippen molar-refractivity contribution in [3.63, 3.8) is 0 Å². The Hall–Kier alpha value is -3.54. The number of aromatic nitrogens is 2. The summed E-state index contributed by atoms with van der Waals surface area (Å²) in [5.74, 6) is -0.146. The standard InChI is InChI=1S/C24H26N4O2/c1-15(27-28-23(29)30-24(2,3)4)22(18-13-25-20-11-7-5-9-16(18)20)19-14-26-21-12-8-6-10-17(19)21/h5-14,22,25-26H,1-4H3,(H,28,29)/b27-15-. The molecular weight excluding hydrogens is 376 g/mol. The average molecular weight is 402 g/mol. The Bertz CT molecular complexity index is 1150. The molecule has 1 amide bonds. The lowest BCUT2D eigenvalue weighted by Crippen LogP contribution is -2.30. The fourth-order valence-corrected chi connectivity index (χ4v) is 3.78. The van der Waals surface area contributed by atoms with Crippen molar-refractivity contribution in [2.75, 3.05) is 0 Å². The summed E-state index contributed by atoms with van der Waals surface area (Å²) in [5.41, 5.74) is 7.04. The van der Waals surface area contributed by atoms with E-state index in [2.05, 4.69) is 44.8 Å². The molecule has 3 N–H and O–H groups in total. The Morgan fingerprint density at radius 3 is 1.93 bits per heavy atom. The summed E-state index contributed by atoms with van der Waals surface area (Å²) < 4.78 is 5.32. The molecule has 0 unspecified atom stereocenters. The molecular formula is C24H26N4O2. The Morgan fingerprint density at radius 2 is 1.43 bits per heavy atom. The van der Waals surface area contributed by atoms with Crippen molar-refractivity contribution in [2.45, 2.75) is 39.2 Å². The van der Waals surface area contributed by atoms with Gasteiger partial charge in [0.1, 0.15) is 5.60 Å². The van der Waals surface area contributed by atoms with Crippen LogP contribution in [0.1, 0.15) is 44.7 Å². The number of amides is 1. The molecule has 0 saturated heterocycles. The third kappa shape index (κ3) is 3.94. The van der Waals surface area contributed by atoms with Gasteiger partial charge >= 0.3 is 6.09 Å². The molecule has 30 heavy (non-hydrogen) atoms. The lowest BCUT2D eigenvalue weighted by atomic mass is 9.87. The van der Waals surface area contributed by atoms with E-state index in [1.807, 2.05) is 64.4 Å². The predicted molar refractivity (Wildman–Crippen MR) is 121 cm³/mol.